The van der Waals surface area contributed by atoms with Crippen LogP contribution in [0.15, 0.2) is 36.4 Å². The number of carbonyl (C=O) groups excluding carboxylic acids is 2. The number of benzene rings is 4. The maximum Gasteiger partial charge on any atom is 0.338 e. The Balaban J connectivity index is 2.42. The Hall–Kier alpha value is -3.80. The molecule has 4 aromatic rings. The number of rotatable bonds is 2. The van der Waals surface area contributed by atoms with E-state index >= 15 is 0 Å². The number of aryl methyl sites for hydroxylation is 2. The number of esters is 2. The van der Waals surface area contributed by atoms with E-state index < -0.39 is 11.9 Å². The van der Waals surface area contributed by atoms with Crippen molar-refractivity contribution in [2.45, 2.75) is 13.8 Å². The van der Waals surface area contributed by atoms with Crippen LogP contribution in [0.4, 0.5) is 11.4 Å². The van der Waals surface area contributed by atoms with Crippen LogP contribution in [0.5, 0.6) is 0 Å². The van der Waals surface area contributed by atoms with Gasteiger partial charge < -0.3 is 20.9 Å². The molecule has 4 rings (SSSR count). The number of hydrogen-bond donors (Lipinski definition) is 2. The van der Waals surface area contributed by atoms with Crippen molar-refractivity contribution in [3.05, 3.63) is 58.7 Å². The summed E-state index contributed by atoms with van der Waals surface area (Å²) in [6.07, 6.45) is 0. The zero-order valence-electron chi connectivity index (χ0n) is 17.3. The second-order valence-electron chi connectivity index (χ2n) is 7.37. The number of fused-ring (bicyclic) bond motifs is 5. The van der Waals surface area contributed by atoms with Crippen molar-refractivity contribution in [3.8, 4) is 0 Å². The third-order valence-corrected chi connectivity index (χ3v) is 5.63. The minimum atomic E-state index is -0.497. The van der Waals surface area contributed by atoms with Crippen LogP contribution in [0.3, 0.4) is 0 Å². The molecule has 0 amide bonds. The summed E-state index contributed by atoms with van der Waals surface area (Å²) in [4.78, 5) is 25.2. The number of ether oxygens (including phenoxy) is 2. The van der Waals surface area contributed by atoms with Gasteiger partial charge in [-0.05, 0) is 70.8 Å². The lowest BCUT2D eigenvalue weighted by atomic mass is 9.86. The fraction of sp³-hybridized carbons (Fsp3) is 0.167. The molecule has 30 heavy (non-hydrogen) atoms. The molecule has 0 saturated heterocycles. The molecule has 0 aromatic heterocycles. The molecule has 0 fully saturated rings. The van der Waals surface area contributed by atoms with Gasteiger partial charge in [0.15, 0.2) is 0 Å². The SMILES string of the molecule is COC(=O)c1cc2cc(C(=O)OC)c3c(N)ccc(C)c3c2c2c(C)ccc(N)c12. The van der Waals surface area contributed by atoms with Crippen LogP contribution in [-0.4, -0.2) is 26.2 Å². The first kappa shape index (κ1) is 19.5. The molecule has 0 aliphatic rings. The van der Waals surface area contributed by atoms with E-state index in [0.717, 1.165) is 27.3 Å². The number of anilines is 2. The standard InChI is InChI=1S/C24H22N2O4/c1-11-5-7-16(25)21-14(23(27)29-3)9-13-10-15(24(28)30-4)22-17(26)8-6-12(2)19(22)20(13)18(11)21/h5-10H,25-26H2,1-4H3. The molecule has 6 nitrogen and oxygen atoms in total. The highest BCUT2D eigenvalue weighted by Crippen LogP contribution is 2.42. The molecule has 4 aromatic carbocycles. The van der Waals surface area contributed by atoms with Crippen molar-refractivity contribution in [3.63, 3.8) is 0 Å². The van der Waals surface area contributed by atoms with Crippen molar-refractivity contribution in [2.24, 2.45) is 0 Å². The monoisotopic (exact) mass is 402 g/mol. The highest BCUT2D eigenvalue weighted by molar-refractivity contribution is 6.30. The number of nitrogens with two attached hydrogens (primary N) is 2. The Labute approximate surface area is 173 Å². The van der Waals surface area contributed by atoms with Gasteiger partial charge in [0.25, 0.3) is 0 Å². The molecule has 0 spiro atoms. The Bertz CT molecular complexity index is 1290. The summed E-state index contributed by atoms with van der Waals surface area (Å²) in [5.74, 6) is -0.994. The van der Waals surface area contributed by atoms with Crippen molar-refractivity contribution < 1.29 is 19.1 Å². The van der Waals surface area contributed by atoms with Crippen LogP contribution in [0, 0.1) is 13.8 Å². The molecule has 0 atom stereocenters. The van der Waals surface area contributed by atoms with Crippen molar-refractivity contribution in [1.29, 1.82) is 0 Å². The molecule has 0 heterocycles. The summed E-state index contributed by atoms with van der Waals surface area (Å²) in [6.45, 7) is 3.92. The first-order valence-electron chi connectivity index (χ1n) is 9.44. The third kappa shape index (κ3) is 2.64. The van der Waals surface area contributed by atoms with Gasteiger partial charge in [-0.1, -0.05) is 12.1 Å². The fourth-order valence-corrected chi connectivity index (χ4v) is 4.27. The molecule has 0 radical (unpaired) electrons. The average Bonchev–Trinajstić information content (AvgIpc) is 2.75. The number of hydrogen-bond acceptors (Lipinski definition) is 6. The lowest BCUT2D eigenvalue weighted by Crippen LogP contribution is -2.07. The maximum absolute atomic E-state index is 12.6. The summed E-state index contributed by atoms with van der Waals surface area (Å²) in [7, 11) is 2.66. The van der Waals surface area contributed by atoms with Crippen molar-refractivity contribution in [2.75, 3.05) is 25.7 Å². The number of carbonyl (C=O) groups is 2. The highest BCUT2D eigenvalue weighted by Gasteiger charge is 2.23. The summed E-state index contributed by atoms with van der Waals surface area (Å²) in [5.41, 5.74) is 16.2. The Kier molecular flexibility index (Phi) is 4.50. The third-order valence-electron chi connectivity index (χ3n) is 5.63. The molecule has 0 bridgehead atoms. The summed E-state index contributed by atoms with van der Waals surface area (Å²) in [6, 6.07) is 10.8. The normalized spacial score (nSPS) is 11.2. The summed E-state index contributed by atoms with van der Waals surface area (Å²) >= 11 is 0. The predicted molar refractivity (Wildman–Crippen MR) is 120 cm³/mol. The fourth-order valence-electron chi connectivity index (χ4n) is 4.27. The molecule has 4 N–H and O–H groups in total. The van der Waals surface area contributed by atoms with E-state index in [2.05, 4.69) is 0 Å². The second kappa shape index (κ2) is 6.91. The Morgan fingerprint density at radius 2 is 1.07 bits per heavy atom. The first-order chi connectivity index (χ1) is 14.3. The molecular weight excluding hydrogens is 380 g/mol. The molecular formula is C24H22N2O4. The second-order valence-corrected chi connectivity index (χ2v) is 7.37. The van der Waals surface area contributed by atoms with Crippen molar-refractivity contribution >= 4 is 55.6 Å². The Morgan fingerprint density at radius 1 is 0.667 bits per heavy atom. The van der Waals surface area contributed by atoms with Gasteiger partial charge in [-0.3, -0.25) is 0 Å². The first-order valence-corrected chi connectivity index (χ1v) is 9.44. The van der Waals surface area contributed by atoms with Gasteiger partial charge >= 0.3 is 11.9 Å². The van der Waals surface area contributed by atoms with Crippen molar-refractivity contribution in [1.82, 2.24) is 0 Å². The lowest BCUT2D eigenvalue weighted by Gasteiger charge is -2.18. The van der Waals surface area contributed by atoms with E-state index in [-0.39, 0.29) is 0 Å². The smallest absolute Gasteiger partial charge is 0.338 e. The average molecular weight is 402 g/mol. The van der Waals surface area contributed by atoms with Crippen LogP contribution in [0.25, 0.3) is 32.3 Å². The van der Waals surface area contributed by atoms with Gasteiger partial charge in [0, 0.05) is 22.1 Å². The largest absolute Gasteiger partial charge is 0.465 e. The van der Waals surface area contributed by atoms with Crippen LogP contribution >= 0.6 is 0 Å². The van der Waals surface area contributed by atoms with Crippen LogP contribution in [-0.2, 0) is 9.47 Å². The van der Waals surface area contributed by atoms with Crippen LogP contribution < -0.4 is 11.5 Å². The zero-order chi connectivity index (χ0) is 21.7. The van der Waals surface area contributed by atoms with Gasteiger partial charge in [0.1, 0.15) is 0 Å². The quantitative estimate of drug-likeness (QED) is 0.291. The number of nitrogen functional groups attached to an aromatic ring is 2. The molecule has 152 valence electrons. The van der Waals surface area contributed by atoms with E-state index in [1.807, 2.05) is 26.0 Å². The molecule has 6 heteroatoms. The molecule has 0 unspecified atom stereocenters. The minimum Gasteiger partial charge on any atom is -0.465 e. The molecule has 0 aliphatic heterocycles. The van der Waals surface area contributed by atoms with Crippen LogP contribution in [0.1, 0.15) is 31.8 Å². The summed E-state index contributed by atoms with van der Waals surface area (Å²) < 4.78 is 10.0. The topological polar surface area (TPSA) is 105 Å². The van der Waals surface area contributed by atoms with E-state index in [0.29, 0.717) is 38.7 Å². The highest BCUT2D eigenvalue weighted by atomic mass is 16.5. The van der Waals surface area contributed by atoms with Gasteiger partial charge in [-0.15, -0.1) is 0 Å². The maximum atomic E-state index is 12.6. The van der Waals surface area contributed by atoms with Crippen LogP contribution in [0.2, 0.25) is 0 Å². The van der Waals surface area contributed by atoms with Gasteiger partial charge in [0.05, 0.1) is 25.3 Å². The summed E-state index contributed by atoms with van der Waals surface area (Å²) in [5, 5.41) is 4.52. The van der Waals surface area contributed by atoms with E-state index in [1.165, 1.54) is 14.2 Å². The van der Waals surface area contributed by atoms with Gasteiger partial charge in [-0.25, -0.2) is 9.59 Å². The van der Waals surface area contributed by atoms with E-state index in [1.54, 1.807) is 24.3 Å². The van der Waals surface area contributed by atoms with E-state index in [4.69, 9.17) is 20.9 Å². The van der Waals surface area contributed by atoms with Gasteiger partial charge in [0.2, 0.25) is 0 Å². The number of methoxy groups -OCH3 is 2. The minimum absolute atomic E-state index is 0.345. The molecule has 0 aliphatic carbocycles. The van der Waals surface area contributed by atoms with Gasteiger partial charge in [-0.2, -0.15) is 0 Å². The zero-order valence-corrected chi connectivity index (χ0v) is 17.3. The molecule has 0 saturated carbocycles. The van der Waals surface area contributed by atoms with E-state index in [9.17, 15) is 9.59 Å². The lowest BCUT2D eigenvalue weighted by molar-refractivity contribution is 0.0595. The Morgan fingerprint density at radius 3 is 1.43 bits per heavy atom. The predicted octanol–water partition coefficient (Wildman–Crippen LogP) is 4.50.